The fourth-order valence-electron chi connectivity index (χ4n) is 2.16. The van der Waals surface area contributed by atoms with Gasteiger partial charge in [-0.05, 0) is 36.1 Å². The van der Waals surface area contributed by atoms with Gasteiger partial charge < -0.3 is 0 Å². The molecule has 3 aromatic rings. The fourth-order valence-corrected chi connectivity index (χ4v) is 2.16. The van der Waals surface area contributed by atoms with E-state index in [1.165, 1.54) is 22.3 Å². The molecule has 0 heteroatoms. The van der Waals surface area contributed by atoms with E-state index in [2.05, 4.69) is 50.4 Å². The summed E-state index contributed by atoms with van der Waals surface area (Å²) in [6, 6.07) is 28.5. The molecule has 0 aliphatic heterocycles. The Balaban J connectivity index is 0.000000195. The molecular formula is C26H28. The zero-order valence-electron chi connectivity index (χ0n) is 15.8. The van der Waals surface area contributed by atoms with Crippen LogP contribution in [0.2, 0.25) is 0 Å². The van der Waals surface area contributed by atoms with Crippen molar-refractivity contribution in [1.82, 2.24) is 0 Å². The van der Waals surface area contributed by atoms with Gasteiger partial charge in [0.05, 0.1) is 0 Å². The van der Waals surface area contributed by atoms with Crippen molar-refractivity contribution >= 4 is 18.2 Å². The van der Waals surface area contributed by atoms with E-state index in [0.29, 0.717) is 0 Å². The molecule has 3 rings (SSSR count). The molecule has 26 heavy (non-hydrogen) atoms. The van der Waals surface area contributed by atoms with Crippen LogP contribution in [-0.4, -0.2) is 0 Å². The van der Waals surface area contributed by atoms with Gasteiger partial charge in [0.1, 0.15) is 0 Å². The van der Waals surface area contributed by atoms with Gasteiger partial charge in [0.25, 0.3) is 0 Å². The Hall–Kier alpha value is -3.12. The molecule has 0 nitrogen and oxygen atoms in total. The Morgan fingerprint density at radius 1 is 0.615 bits per heavy atom. The molecule has 0 amide bonds. The van der Waals surface area contributed by atoms with Crippen LogP contribution in [0.25, 0.3) is 18.2 Å². The summed E-state index contributed by atoms with van der Waals surface area (Å²) in [7, 11) is 0. The van der Waals surface area contributed by atoms with Crippen molar-refractivity contribution in [2.45, 2.75) is 13.8 Å². The minimum atomic E-state index is 1.17. The van der Waals surface area contributed by atoms with Crippen LogP contribution >= 0.6 is 0 Å². The predicted molar refractivity (Wildman–Crippen MR) is 119 cm³/mol. The van der Waals surface area contributed by atoms with E-state index in [1.54, 1.807) is 0 Å². The molecule has 0 aliphatic rings. The van der Waals surface area contributed by atoms with Gasteiger partial charge in [-0.1, -0.05) is 122 Å². The molecule has 0 heterocycles. The molecule has 0 aliphatic carbocycles. The molecule has 0 spiro atoms. The highest BCUT2D eigenvalue weighted by Gasteiger charge is 1.86. The van der Waals surface area contributed by atoms with Crippen molar-refractivity contribution in [3.63, 3.8) is 0 Å². The zero-order chi connectivity index (χ0) is 19.0. The quantitative estimate of drug-likeness (QED) is 0.458. The Labute approximate surface area is 158 Å². The highest BCUT2D eigenvalue weighted by molar-refractivity contribution is 5.51. The summed E-state index contributed by atoms with van der Waals surface area (Å²) in [5, 5.41) is 0. The monoisotopic (exact) mass is 340 g/mol. The lowest BCUT2D eigenvalue weighted by molar-refractivity contribution is 1.45. The van der Waals surface area contributed by atoms with Crippen LogP contribution in [0.15, 0.2) is 104 Å². The summed E-state index contributed by atoms with van der Waals surface area (Å²) in [6.07, 6.45) is 7.82. The summed E-state index contributed by atoms with van der Waals surface area (Å²) >= 11 is 0. The van der Waals surface area contributed by atoms with E-state index in [0.717, 1.165) is 0 Å². The van der Waals surface area contributed by atoms with Gasteiger partial charge in [0, 0.05) is 0 Å². The van der Waals surface area contributed by atoms with Crippen molar-refractivity contribution in [1.29, 1.82) is 0 Å². The summed E-state index contributed by atoms with van der Waals surface area (Å²) in [4.78, 5) is 0. The molecular weight excluding hydrogens is 312 g/mol. The molecule has 0 bridgehead atoms. The topological polar surface area (TPSA) is 0 Å². The van der Waals surface area contributed by atoms with Gasteiger partial charge in [-0.25, -0.2) is 0 Å². The lowest BCUT2D eigenvalue weighted by Gasteiger charge is -1.95. The summed E-state index contributed by atoms with van der Waals surface area (Å²) in [5.74, 6) is 0. The first-order valence-electron chi connectivity index (χ1n) is 8.74. The van der Waals surface area contributed by atoms with Gasteiger partial charge in [0.15, 0.2) is 0 Å². The molecule has 0 saturated carbocycles. The Bertz CT molecular complexity index is 781. The smallest absolute Gasteiger partial charge is 0.0233 e. The largest absolute Gasteiger partial charge is 0.0985 e. The van der Waals surface area contributed by atoms with Gasteiger partial charge in [-0.2, -0.15) is 0 Å². The highest BCUT2D eigenvalue weighted by Crippen LogP contribution is 2.06. The van der Waals surface area contributed by atoms with Crippen LogP contribution < -0.4 is 0 Å². The first kappa shape index (κ1) is 20.9. The maximum absolute atomic E-state index is 3.69. The van der Waals surface area contributed by atoms with E-state index in [4.69, 9.17) is 0 Å². The second-order valence-electron chi connectivity index (χ2n) is 5.59. The summed E-state index contributed by atoms with van der Waals surface area (Å²) < 4.78 is 0. The minimum absolute atomic E-state index is 1.17. The van der Waals surface area contributed by atoms with Crippen LogP contribution in [0, 0.1) is 6.92 Å². The van der Waals surface area contributed by atoms with E-state index < -0.39 is 0 Å². The summed E-state index contributed by atoms with van der Waals surface area (Å²) in [6.45, 7) is 11.4. The molecule has 0 saturated heterocycles. The van der Waals surface area contributed by atoms with Crippen molar-refractivity contribution < 1.29 is 0 Å². The van der Waals surface area contributed by atoms with Crippen LogP contribution in [0.4, 0.5) is 0 Å². The van der Waals surface area contributed by atoms with Crippen molar-refractivity contribution in [2.75, 3.05) is 0 Å². The van der Waals surface area contributed by atoms with Crippen LogP contribution in [0.5, 0.6) is 0 Å². The van der Waals surface area contributed by atoms with Gasteiger partial charge in [0.2, 0.25) is 0 Å². The van der Waals surface area contributed by atoms with Gasteiger partial charge >= 0.3 is 0 Å². The van der Waals surface area contributed by atoms with Crippen LogP contribution in [0.3, 0.4) is 0 Å². The number of allylic oxidation sites excluding steroid dienone is 1. The van der Waals surface area contributed by atoms with E-state index in [9.17, 15) is 0 Å². The average Bonchev–Trinajstić information content (AvgIpc) is 2.71. The maximum atomic E-state index is 3.69. The number of benzene rings is 3. The number of hydrogen-bond acceptors (Lipinski definition) is 0. The third-order valence-electron chi connectivity index (χ3n) is 3.60. The number of aryl methyl sites for hydroxylation is 1. The van der Waals surface area contributed by atoms with E-state index in [-0.39, 0.29) is 0 Å². The van der Waals surface area contributed by atoms with Crippen molar-refractivity contribution in [2.24, 2.45) is 0 Å². The highest BCUT2D eigenvalue weighted by atomic mass is 13.9. The Morgan fingerprint density at radius 3 is 1.50 bits per heavy atom. The Morgan fingerprint density at radius 2 is 1.12 bits per heavy atom. The first-order valence-corrected chi connectivity index (χ1v) is 8.74. The van der Waals surface area contributed by atoms with Crippen LogP contribution in [0.1, 0.15) is 29.2 Å². The molecule has 0 N–H and O–H groups in total. The van der Waals surface area contributed by atoms with Crippen LogP contribution in [-0.2, 0) is 0 Å². The second-order valence-corrected chi connectivity index (χ2v) is 5.59. The number of rotatable bonds is 3. The maximum Gasteiger partial charge on any atom is -0.0233 e. The van der Waals surface area contributed by atoms with E-state index in [1.807, 2.05) is 85.8 Å². The second kappa shape index (κ2) is 13.2. The SMILES string of the molecule is C=Cc1ccccc1.C=Cc1ccccc1C.CC=Cc1ccccc1. The third kappa shape index (κ3) is 8.65. The first-order chi connectivity index (χ1) is 12.7. The molecule has 132 valence electrons. The molecule has 0 fully saturated rings. The molecule has 3 aromatic carbocycles. The van der Waals surface area contributed by atoms with Gasteiger partial charge in [-0.15, -0.1) is 0 Å². The normalized spacial score (nSPS) is 9.31. The molecule has 0 atom stereocenters. The van der Waals surface area contributed by atoms with Crippen molar-refractivity contribution in [3.8, 4) is 0 Å². The Kier molecular flexibility index (Phi) is 10.6. The standard InChI is InChI=1S/2C9H10.C8H8/c1-3-9-7-5-4-6-8(9)2;1-2-6-9-7-4-3-5-8-9;1-2-8-6-4-3-5-7-8/h3-7H,1H2,2H3;2-8H,1H3;2-7H,1H2. The molecule has 0 aromatic heterocycles. The predicted octanol–water partition coefficient (Wildman–Crippen LogP) is 7.69. The van der Waals surface area contributed by atoms with Crippen molar-refractivity contribution in [3.05, 3.63) is 126 Å². The van der Waals surface area contributed by atoms with E-state index >= 15 is 0 Å². The summed E-state index contributed by atoms with van der Waals surface area (Å²) in [5.41, 5.74) is 4.94. The minimum Gasteiger partial charge on any atom is -0.0985 e. The lowest BCUT2D eigenvalue weighted by Crippen LogP contribution is -1.75. The lowest BCUT2D eigenvalue weighted by atomic mass is 10.1. The molecule has 0 unspecified atom stereocenters. The van der Waals surface area contributed by atoms with Gasteiger partial charge in [-0.3, -0.25) is 0 Å². The third-order valence-corrected chi connectivity index (χ3v) is 3.60. The zero-order valence-corrected chi connectivity index (χ0v) is 15.8. The molecule has 0 radical (unpaired) electrons. The number of hydrogen-bond donors (Lipinski definition) is 0. The average molecular weight is 341 g/mol. The fraction of sp³-hybridized carbons (Fsp3) is 0.0769.